The topological polar surface area (TPSA) is 44.4 Å². The van der Waals surface area contributed by atoms with E-state index in [2.05, 4.69) is 10.7 Å². The summed E-state index contributed by atoms with van der Waals surface area (Å²) in [6, 6.07) is 0. The predicted octanol–water partition coefficient (Wildman–Crippen LogP) is -0.0311. The highest BCUT2D eigenvalue weighted by atomic mass is 16.2. The summed E-state index contributed by atoms with van der Waals surface area (Å²) in [5.41, 5.74) is 2.76. The van der Waals surface area contributed by atoms with Gasteiger partial charge in [0.15, 0.2) is 0 Å². The number of hydrogen-bond donors (Lipinski definition) is 2. The van der Waals surface area contributed by atoms with E-state index in [4.69, 9.17) is 0 Å². The Morgan fingerprint density at radius 1 is 1.62 bits per heavy atom. The highest BCUT2D eigenvalue weighted by Crippen LogP contribution is 2.13. The fourth-order valence-electron chi connectivity index (χ4n) is 1.66. The van der Waals surface area contributed by atoms with Gasteiger partial charge in [-0.2, -0.15) is 0 Å². The smallest absolute Gasteiger partial charge is 0.234 e. The first kappa shape index (κ1) is 10.5. The fourth-order valence-corrected chi connectivity index (χ4v) is 1.66. The average molecular weight is 185 g/mol. The average Bonchev–Trinajstić information content (AvgIpc) is 2.04. The molecule has 76 valence electrons. The van der Waals surface area contributed by atoms with Gasteiger partial charge in [-0.1, -0.05) is 0 Å². The molecule has 2 N–H and O–H groups in total. The van der Waals surface area contributed by atoms with Gasteiger partial charge in [0, 0.05) is 20.5 Å². The Morgan fingerprint density at radius 3 is 2.92 bits per heavy atom. The first-order chi connectivity index (χ1) is 6.18. The minimum Gasteiger partial charge on any atom is -0.316 e. The summed E-state index contributed by atoms with van der Waals surface area (Å²) in [6.45, 7) is 2.09. The summed E-state index contributed by atoms with van der Waals surface area (Å²) in [4.78, 5) is 11.3. The van der Waals surface area contributed by atoms with Gasteiger partial charge in [0.1, 0.15) is 0 Å². The molecule has 0 saturated carbocycles. The maximum Gasteiger partial charge on any atom is 0.234 e. The zero-order valence-corrected chi connectivity index (χ0v) is 8.47. The Hall–Kier alpha value is -0.610. The van der Waals surface area contributed by atoms with Crippen molar-refractivity contribution in [3.05, 3.63) is 0 Å². The summed E-state index contributed by atoms with van der Waals surface area (Å²) in [5.74, 6) is 0.646. The molecule has 1 aliphatic rings. The second-order valence-corrected chi connectivity index (χ2v) is 3.85. The van der Waals surface area contributed by atoms with Crippen molar-refractivity contribution >= 4 is 5.91 Å². The largest absolute Gasteiger partial charge is 0.316 e. The second kappa shape index (κ2) is 5.19. The highest BCUT2D eigenvalue weighted by Gasteiger charge is 2.16. The molecule has 1 atom stereocenters. The number of hydrogen-bond acceptors (Lipinski definition) is 3. The van der Waals surface area contributed by atoms with Crippen molar-refractivity contribution in [2.75, 3.05) is 27.2 Å². The summed E-state index contributed by atoms with van der Waals surface area (Å²) >= 11 is 0. The molecule has 0 aliphatic carbocycles. The van der Waals surface area contributed by atoms with Gasteiger partial charge >= 0.3 is 0 Å². The van der Waals surface area contributed by atoms with Crippen LogP contribution in [0.1, 0.15) is 19.3 Å². The quantitative estimate of drug-likeness (QED) is 0.607. The number of nitrogens with one attached hydrogen (secondary N) is 2. The van der Waals surface area contributed by atoms with Gasteiger partial charge in [0.05, 0.1) is 0 Å². The number of rotatable bonds is 3. The van der Waals surface area contributed by atoms with Crippen molar-refractivity contribution < 1.29 is 4.79 Å². The predicted molar refractivity (Wildman–Crippen MR) is 52.0 cm³/mol. The lowest BCUT2D eigenvalue weighted by Crippen LogP contribution is -2.39. The first-order valence-corrected chi connectivity index (χ1v) is 4.86. The second-order valence-electron chi connectivity index (χ2n) is 3.85. The van der Waals surface area contributed by atoms with Crippen LogP contribution in [0.4, 0.5) is 0 Å². The van der Waals surface area contributed by atoms with E-state index in [0.717, 1.165) is 13.1 Å². The number of hydrazine groups is 1. The van der Waals surface area contributed by atoms with E-state index >= 15 is 0 Å². The number of carbonyl (C=O) groups is 1. The van der Waals surface area contributed by atoms with Crippen molar-refractivity contribution in [2.24, 2.45) is 5.92 Å². The number of carbonyl (C=O) groups excluding carboxylic acids is 1. The van der Waals surface area contributed by atoms with Crippen LogP contribution in [-0.2, 0) is 4.79 Å². The Bertz CT molecular complexity index is 164. The Kier molecular flexibility index (Phi) is 4.18. The van der Waals surface area contributed by atoms with Crippen LogP contribution >= 0.6 is 0 Å². The van der Waals surface area contributed by atoms with E-state index in [1.807, 2.05) is 14.1 Å². The van der Waals surface area contributed by atoms with Crippen LogP contribution in [0.3, 0.4) is 0 Å². The van der Waals surface area contributed by atoms with Crippen LogP contribution < -0.4 is 10.7 Å². The van der Waals surface area contributed by atoms with Gasteiger partial charge in [-0.25, -0.2) is 5.01 Å². The van der Waals surface area contributed by atoms with Crippen LogP contribution in [0, 0.1) is 5.92 Å². The summed E-state index contributed by atoms with van der Waals surface area (Å²) in [5, 5.41) is 4.99. The van der Waals surface area contributed by atoms with Gasteiger partial charge in [0.2, 0.25) is 5.91 Å². The molecule has 1 unspecified atom stereocenters. The maximum absolute atomic E-state index is 11.3. The molecular formula is C9H19N3O. The lowest BCUT2D eigenvalue weighted by atomic mass is 9.96. The minimum atomic E-state index is 0.124. The van der Waals surface area contributed by atoms with Crippen molar-refractivity contribution in [1.29, 1.82) is 0 Å². The lowest BCUT2D eigenvalue weighted by molar-refractivity contribution is -0.125. The molecule has 1 amide bonds. The summed E-state index contributed by atoms with van der Waals surface area (Å²) < 4.78 is 0. The summed E-state index contributed by atoms with van der Waals surface area (Å²) in [7, 11) is 3.66. The Balaban J connectivity index is 2.18. The van der Waals surface area contributed by atoms with Crippen molar-refractivity contribution in [2.45, 2.75) is 19.3 Å². The molecule has 0 spiro atoms. The molecule has 1 fully saturated rings. The molecule has 0 radical (unpaired) electrons. The Labute approximate surface area is 79.6 Å². The van der Waals surface area contributed by atoms with Crippen LogP contribution in [0.25, 0.3) is 0 Å². The van der Waals surface area contributed by atoms with E-state index in [0.29, 0.717) is 12.3 Å². The zero-order chi connectivity index (χ0) is 9.68. The monoisotopic (exact) mass is 185 g/mol. The molecule has 4 heteroatoms. The zero-order valence-electron chi connectivity index (χ0n) is 8.47. The number of amides is 1. The van der Waals surface area contributed by atoms with Gasteiger partial charge in [-0.3, -0.25) is 10.2 Å². The molecule has 1 rings (SSSR count). The van der Waals surface area contributed by atoms with Gasteiger partial charge < -0.3 is 5.32 Å². The third-order valence-electron chi connectivity index (χ3n) is 2.22. The van der Waals surface area contributed by atoms with Crippen molar-refractivity contribution in [3.63, 3.8) is 0 Å². The van der Waals surface area contributed by atoms with E-state index in [9.17, 15) is 4.79 Å². The highest BCUT2D eigenvalue weighted by molar-refractivity contribution is 5.75. The molecule has 1 heterocycles. The van der Waals surface area contributed by atoms with E-state index < -0.39 is 0 Å². The first-order valence-electron chi connectivity index (χ1n) is 4.86. The molecule has 13 heavy (non-hydrogen) atoms. The van der Waals surface area contributed by atoms with Crippen molar-refractivity contribution in [3.8, 4) is 0 Å². The van der Waals surface area contributed by atoms with Gasteiger partial charge in [0.25, 0.3) is 0 Å². The lowest BCUT2D eigenvalue weighted by Gasteiger charge is -2.22. The molecule has 0 bridgehead atoms. The molecular weight excluding hydrogens is 166 g/mol. The standard InChI is InChI=1S/C9H19N3O/c1-12(2)11-9(13)6-8-4-3-5-10-7-8/h8,10H,3-7H2,1-2H3,(H,11,13). The summed E-state index contributed by atoms with van der Waals surface area (Å²) in [6.07, 6.45) is 3.01. The molecule has 0 aromatic rings. The van der Waals surface area contributed by atoms with E-state index in [1.165, 1.54) is 12.8 Å². The van der Waals surface area contributed by atoms with E-state index in [-0.39, 0.29) is 5.91 Å². The number of piperidine rings is 1. The Morgan fingerprint density at radius 2 is 2.38 bits per heavy atom. The van der Waals surface area contributed by atoms with Crippen molar-refractivity contribution in [1.82, 2.24) is 15.8 Å². The molecule has 0 aromatic carbocycles. The SMILES string of the molecule is CN(C)NC(=O)CC1CCCNC1. The van der Waals surface area contributed by atoms with Crippen LogP contribution in [0.15, 0.2) is 0 Å². The van der Waals surface area contributed by atoms with Crippen LogP contribution in [0.5, 0.6) is 0 Å². The molecule has 1 saturated heterocycles. The molecule has 0 aromatic heterocycles. The third-order valence-corrected chi connectivity index (χ3v) is 2.22. The van der Waals surface area contributed by atoms with Crippen LogP contribution in [-0.4, -0.2) is 38.1 Å². The normalized spacial score (nSPS) is 23.2. The molecule has 4 nitrogen and oxygen atoms in total. The van der Waals surface area contributed by atoms with E-state index in [1.54, 1.807) is 5.01 Å². The molecule has 1 aliphatic heterocycles. The third kappa shape index (κ3) is 4.24. The van der Waals surface area contributed by atoms with Gasteiger partial charge in [-0.15, -0.1) is 0 Å². The van der Waals surface area contributed by atoms with Gasteiger partial charge in [-0.05, 0) is 31.8 Å². The maximum atomic E-state index is 11.3. The number of nitrogens with zero attached hydrogens (tertiary/aromatic N) is 1. The minimum absolute atomic E-state index is 0.124. The fraction of sp³-hybridized carbons (Fsp3) is 0.889. The van der Waals surface area contributed by atoms with Crippen LogP contribution in [0.2, 0.25) is 0 Å².